The maximum Gasteiger partial charge on any atom is 0.136 e. The second-order valence-corrected chi connectivity index (χ2v) is 4.39. The Morgan fingerprint density at radius 2 is 2.28 bits per heavy atom. The molecule has 0 aliphatic carbocycles. The first-order chi connectivity index (χ1) is 8.71. The van der Waals surface area contributed by atoms with Crippen LogP contribution in [-0.2, 0) is 6.54 Å². The third-order valence-electron chi connectivity index (χ3n) is 2.83. The molecule has 0 aliphatic heterocycles. The lowest BCUT2D eigenvalue weighted by Crippen LogP contribution is -2.21. The quantitative estimate of drug-likeness (QED) is 0.770. The zero-order valence-electron chi connectivity index (χ0n) is 10.9. The normalized spacial score (nSPS) is 11.9. The third kappa shape index (κ3) is 4.36. The molecule has 4 nitrogen and oxygen atoms in total. The molecule has 0 heterocycles. The molecule has 1 unspecified atom stereocenters. The van der Waals surface area contributed by atoms with Crippen LogP contribution in [0.5, 0.6) is 5.75 Å². The minimum Gasteiger partial charge on any atom is -0.495 e. The highest BCUT2D eigenvalue weighted by Gasteiger charge is 2.04. The molecule has 0 radical (unpaired) electrons. The van der Waals surface area contributed by atoms with E-state index in [-0.39, 0.29) is 6.61 Å². The Labute approximate surface area is 108 Å². The number of aliphatic hydroxyl groups excluding tert-OH is 1. The van der Waals surface area contributed by atoms with Crippen LogP contribution in [0.25, 0.3) is 0 Å². The fourth-order valence-electron chi connectivity index (χ4n) is 1.74. The van der Waals surface area contributed by atoms with Crippen molar-refractivity contribution in [2.75, 3.05) is 20.3 Å². The van der Waals surface area contributed by atoms with E-state index in [4.69, 9.17) is 15.1 Å². The summed E-state index contributed by atoms with van der Waals surface area (Å²) >= 11 is 0. The summed E-state index contributed by atoms with van der Waals surface area (Å²) in [4.78, 5) is 0. The van der Waals surface area contributed by atoms with E-state index >= 15 is 0 Å². The van der Waals surface area contributed by atoms with E-state index in [9.17, 15) is 0 Å². The second-order valence-electron chi connectivity index (χ2n) is 4.39. The SMILES string of the molecule is COc1ccc(CNCC(C)CCO)cc1C#N. The minimum absolute atomic E-state index is 0.226. The molecule has 0 saturated heterocycles. The Morgan fingerprint density at radius 3 is 2.89 bits per heavy atom. The van der Waals surface area contributed by atoms with Gasteiger partial charge in [0.1, 0.15) is 11.8 Å². The smallest absolute Gasteiger partial charge is 0.136 e. The average Bonchev–Trinajstić information content (AvgIpc) is 2.38. The Kier molecular flexibility index (Phi) is 6.20. The minimum atomic E-state index is 0.226. The van der Waals surface area contributed by atoms with Crippen molar-refractivity contribution in [1.82, 2.24) is 5.32 Å². The fraction of sp³-hybridized carbons (Fsp3) is 0.500. The van der Waals surface area contributed by atoms with Gasteiger partial charge in [0.05, 0.1) is 12.7 Å². The summed E-state index contributed by atoms with van der Waals surface area (Å²) in [5.41, 5.74) is 1.61. The van der Waals surface area contributed by atoms with Gasteiger partial charge in [0.15, 0.2) is 0 Å². The van der Waals surface area contributed by atoms with Gasteiger partial charge in [-0.15, -0.1) is 0 Å². The molecule has 1 rings (SSSR count). The highest BCUT2D eigenvalue weighted by Crippen LogP contribution is 2.18. The van der Waals surface area contributed by atoms with E-state index in [1.165, 1.54) is 0 Å². The molecule has 0 saturated carbocycles. The zero-order valence-corrected chi connectivity index (χ0v) is 10.9. The Morgan fingerprint density at radius 1 is 1.50 bits per heavy atom. The molecule has 1 aromatic rings. The van der Waals surface area contributed by atoms with Crippen LogP contribution in [0.15, 0.2) is 18.2 Å². The number of hydrogen-bond acceptors (Lipinski definition) is 4. The Bertz CT molecular complexity index is 413. The van der Waals surface area contributed by atoms with Crippen molar-refractivity contribution in [3.63, 3.8) is 0 Å². The lowest BCUT2D eigenvalue weighted by molar-refractivity contribution is 0.260. The number of aliphatic hydroxyl groups is 1. The van der Waals surface area contributed by atoms with Crippen molar-refractivity contribution in [3.05, 3.63) is 29.3 Å². The van der Waals surface area contributed by atoms with Crippen molar-refractivity contribution in [1.29, 1.82) is 5.26 Å². The summed E-state index contributed by atoms with van der Waals surface area (Å²) in [5.74, 6) is 1.05. The van der Waals surface area contributed by atoms with Gasteiger partial charge in [-0.2, -0.15) is 5.26 Å². The lowest BCUT2D eigenvalue weighted by Gasteiger charge is -2.11. The van der Waals surface area contributed by atoms with Crippen molar-refractivity contribution < 1.29 is 9.84 Å². The van der Waals surface area contributed by atoms with Crippen LogP contribution in [0.2, 0.25) is 0 Å². The van der Waals surface area contributed by atoms with E-state index in [1.807, 2.05) is 18.2 Å². The number of nitrogens with zero attached hydrogens (tertiary/aromatic N) is 1. The first-order valence-corrected chi connectivity index (χ1v) is 6.09. The van der Waals surface area contributed by atoms with Crippen molar-refractivity contribution in [2.45, 2.75) is 19.9 Å². The third-order valence-corrected chi connectivity index (χ3v) is 2.83. The molecule has 0 aliphatic rings. The Hall–Kier alpha value is -1.57. The van der Waals surface area contributed by atoms with Gasteiger partial charge in [-0.1, -0.05) is 13.0 Å². The summed E-state index contributed by atoms with van der Waals surface area (Å²) in [7, 11) is 1.56. The number of benzene rings is 1. The molecule has 1 aromatic carbocycles. The lowest BCUT2D eigenvalue weighted by atomic mass is 10.1. The molecular weight excluding hydrogens is 228 g/mol. The summed E-state index contributed by atoms with van der Waals surface area (Å²) in [6.45, 7) is 3.89. The van der Waals surface area contributed by atoms with Crippen LogP contribution >= 0.6 is 0 Å². The average molecular weight is 248 g/mol. The highest BCUT2D eigenvalue weighted by molar-refractivity contribution is 5.45. The van der Waals surface area contributed by atoms with E-state index in [2.05, 4.69) is 18.3 Å². The topological polar surface area (TPSA) is 65.3 Å². The van der Waals surface area contributed by atoms with E-state index in [1.54, 1.807) is 7.11 Å². The van der Waals surface area contributed by atoms with Crippen LogP contribution in [-0.4, -0.2) is 25.4 Å². The fourth-order valence-corrected chi connectivity index (χ4v) is 1.74. The molecule has 0 aromatic heterocycles. The summed E-state index contributed by atoms with van der Waals surface area (Å²) in [6, 6.07) is 7.72. The summed E-state index contributed by atoms with van der Waals surface area (Å²) in [6.07, 6.45) is 0.805. The number of ether oxygens (including phenoxy) is 1. The number of rotatable bonds is 7. The van der Waals surface area contributed by atoms with Gasteiger partial charge in [0.2, 0.25) is 0 Å². The number of nitriles is 1. The van der Waals surface area contributed by atoms with Crippen LogP contribution in [0, 0.1) is 17.2 Å². The first kappa shape index (κ1) is 14.5. The zero-order chi connectivity index (χ0) is 13.4. The highest BCUT2D eigenvalue weighted by atomic mass is 16.5. The number of methoxy groups -OCH3 is 1. The number of hydrogen-bond donors (Lipinski definition) is 2. The van der Waals surface area contributed by atoms with Gasteiger partial charge in [-0.3, -0.25) is 0 Å². The number of nitrogens with one attached hydrogen (secondary N) is 1. The molecule has 0 amide bonds. The molecule has 4 heteroatoms. The predicted molar refractivity (Wildman–Crippen MR) is 70.3 cm³/mol. The second kappa shape index (κ2) is 7.70. The maximum absolute atomic E-state index is 8.98. The maximum atomic E-state index is 8.98. The van der Waals surface area contributed by atoms with E-state index < -0.39 is 0 Å². The molecule has 98 valence electrons. The van der Waals surface area contributed by atoms with Crippen molar-refractivity contribution in [3.8, 4) is 11.8 Å². The van der Waals surface area contributed by atoms with Gasteiger partial charge >= 0.3 is 0 Å². The van der Waals surface area contributed by atoms with Crippen LogP contribution in [0.3, 0.4) is 0 Å². The van der Waals surface area contributed by atoms with Gasteiger partial charge in [-0.05, 0) is 36.6 Å². The van der Waals surface area contributed by atoms with Crippen molar-refractivity contribution >= 4 is 0 Å². The molecule has 0 bridgehead atoms. The molecular formula is C14H20N2O2. The van der Waals surface area contributed by atoms with Gasteiger partial charge in [-0.25, -0.2) is 0 Å². The van der Waals surface area contributed by atoms with Crippen LogP contribution < -0.4 is 10.1 Å². The van der Waals surface area contributed by atoms with Gasteiger partial charge in [0, 0.05) is 13.2 Å². The van der Waals surface area contributed by atoms with Crippen LogP contribution in [0.1, 0.15) is 24.5 Å². The molecule has 1 atom stereocenters. The van der Waals surface area contributed by atoms with E-state index in [0.717, 1.165) is 18.5 Å². The summed E-state index contributed by atoms with van der Waals surface area (Å²) in [5, 5.41) is 21.1. The van der Waals surface area contributed by atoms with E-state index in [0.29, 0.717) is 23.8 Å². The molecule has 0 fully saturated rings. The van der Waals surface area contributed by atoms with Crippen LogP contribution in [0.4, 0.5) is 0 Å². The Balaban J connectivity index is 2.51. The molecule has 0 spiro atoms. The largest absolute Gasteiger partial charge is 0.495 e. The first-order valence-electron chi connectivity index (χ1n) is 6.09. The van der Waals surface area contributed by atoms with Crippen molar-refractivity contribution in [2.24, 2.45) is 5.92 Å². The predicted octanol–water partition coefficient (Wildman–Crippen LogP) is 1.67. The summed E-state index contributed by atoms with van der Waals surface area (Å²) < 4.78 is 5.10. The standard InChI is InChI=1S/C14H20N2O2/c1-11(5-6-17)9-16-10-12-3-4-14(18-2)13(7-12)8-15/h3-4,7,11,16-17H,5-6,9-10H2,1-2H3. The monoisotopic (exact) mass is 248 g/mol. The molecule has 2 N–H and O–H groups in total. The molecule has 18 heavy (non-hydrogen) atoms. The van der Waals surface area contributed by atoms with Gasteiger partial charge in [0.25, 0.3) is 0 Å². The van der Waals surface area contributed by atoms with Gasteiger partial charge < -0.3 is 15.2 Å².